The number of aliphatic hydroxyl groups excluding tert-OH is 1. The Hall–Kier alpha value is -2.53. The number of unbranched alkanes of at least 4 members (excludes halogenated alkanes) is 1. The van der Waals surface area contributed by atoms with E-state index in [0.717, 1.165) is 84.7 Å². The Morgan fingerprint density at radius 3 is 2.61 bits per heavy atom. The minimum atomic E-state index is -0.0710. The van der Waals surface area contributed by atoms with Gasteiger partial charge in [0, 0.05) is 12.0 Å². The van der Waals surface area contributed by atoms with Crippen molar-refractivity contribution in [3.63, 3.8) is 0 Å². The molecule has 1 aromatic rings. The van der Waals surface area contributed by atoms with Crippen LogP contribution < -0.4 is 9.47 Å². The zero-order valence-electron chi connectivity index (χ0n) is 23.5. The van der Waals surface area contributed by atoms with Gasteiger partial charge in [-0.2, -0.15) is 0 Å². The second kappa shape index (κ2) is 11.3. The van der Waals surface area contributed by atoms with E-state index in [2.05, 4.69) is 19.9 Å². The van der Waals surface area contributed by atoms with Crippen LogP contribution in [0.15, 0.2) is 36.1 Å². The first-order valence-electron chi connectivity index (χ1n) is 14.6. The molecule has 1 heterocycles. The van der Waals surface area contributed by atoms with E-state index in [4.69, 9.17) is 14.2 Å². The van der Waals surface area contributed by atoms with E-state index in [1.54, 1.807) is 20.5 Å². The molecule has 5 heteroatoms. The van der Waals surface area contributed by atoms with Crippen molar-refractivity contribution in [2.75, 3.05) is 14.2 Å². The van der Waals surface area contributed by atoms with Gasteiger partial charge in [-0.15, -0.1) is 0 Å². The van der Waals surface area contributed by atoms with Crippen LogP contribution >= 0.6 is 0 Å². The third-order valence-corrected chi connectivity index (χ3v) is 10.1. The van der Waals surface area contributed by atoms with E-state index in [1.807, 2.05) is 24.3 Å². The fourth-order valence-corrected chi connectivity index (χ4v) is 8.08. The van der Waals surface area contributed by atoms with Gasteiger partial charge in [0.05, 0.1) is 26.6 Å². The minimum Gasteiger partial charge on any atom is -0.493 e. The van der Waals surface area contributed by atoms with Crippen molar-refractivity contribution >= 4 is 17.6 Å². The van der Waals surface area contributed by atoms with Crippen molar-refractivity contribution in [2.45, 2.75) is 84.2 Å². The Morgan fingerprint density at radius 2 is 1.84 bits per heavy atom. The van der Waals surface area contributed by atoms with Crippen LogP contribution in [0, 0.1) is 29.1 Å². The third-order valence-electron chi connectivity index (χ3n) is 10.1. The highest BCUT2D eigenvalue weighted by molar-refractivity contribution is 5.91. The van der Waals surface area contributed by atoms with E-state index >= 15 is 0 Å². The number of hydrogen-bond acceptors (Lipinski definition) is 5. The number of aliphatic hydroxyl groups is 1. The molecule has 0 amide bonds. The molecule has 4 aliphatic carbocycles. The number of fused-ring (bicyclic) bond motifs is 6. The lowest BCUT2D eigenvalue weighted by atomic mass is 9.52. The van der Waals surface area contributed by atoms with Gasteiger partial charge in [0.2, 0.25) is 0 Å². The molecule has 5 nitrogen and oxygen atoms in total. The lowest BCUT2D eigenvalue weighted by Crippen LogP contribution is -2.47. The van der Waals surface area contributed by atoms with Crippen LogP contribution in [0.1, 0.15) is 89.2 Å². The number of carbonyl (C=O) groups is 1. The zero-order chi connectivity index (χ0) is 26.9. The van der Waals surface area contributed by atoms with Crippen LogP contribution in [0.5, 0.6) is 11.5 Å². The van der Waals surface area contributed by atoms with Gasteiger partial charge in [-0.1, -0.05) is 25.8 Å². The molecule has 0 bridgehead atoms. The van der Waals surface area contributed by atoms with Crippen LogP contribution in [-0.4, -0.2) is 31.2 Å². The Balaban J connectivity index is 0.000000156. The van der Waals surface area contributed by atoms with Crippen molar-refractivity contribution in [1.29, 1.82) is 0 Å². The second-order valence-electron chi connectivity index (χ2n) is 12.0. The summed E-state index contributed by atoms with van der Waals surface area (Å²) < 4.78 is 16.2. The molecular formula is C33H44O5. The summed E-state index contributed by atoms with van der Waals surface area (Å²) in [5.74, 6) is 5.72. The van der Waals surface area contributed by atoms with Gasteiger partial charge in [-0.25, -0.2) is 0 Å². The van der Waals surface area contributed by atoms with Crippen molar-refractivity contribution < 1.29 is 24.1 Å². The number of allylic oxidation sites excluding steroid dienone is 2. The average Bonchev–Trinajstić information content (AvgIpc) is 3.25. The maximum atomic E-state index is 11.6. The number of methoxy groups -OCH3 is 2. The highest BCUT2D eigenvalue weighted by atomic mass is 16.5. The molecule has 5 aliphatic rings. The van der Waals surface area contributed by atoms with E-state index < -0.39 is 0 Å². The summed E-state index contributed by atoms with van der Waals surface area (Å²) in [7, 11) is 3.28. The van der Waals surface area contributed by atoms with Crippen molar-refractivity contribution in [3.05, 3.63) is 47.2 Å². The molecule has 0 aromatic heterocycles. The number of ether oxygens (including phenoxy) is 3. The van der Waals surface area contributed by atoms with Crippen LogP contribution in [0.3, 0.4) is 0 Å². The van der Waals surface area contributed by atoms with E-state index in [9.17, 15) is 9.90 Å². The van der Waals surface area contributed by atoms with Crippen molar-refractivity contribution in [2.24, 2.45) is 29.1 Å². The van der Waals surface area contributed by atoms with Crippen LogP contribution in [-0.2, 0) is 9.53 Å². The molecule has 206 valence electrons. The standard InChI is InChI=1S/C18H26O2.C15H18O3/c1-18-9-8-14-13-5-3-12(19)10-11(13)2-4-15(14)16(18)6-7-17(18)20;1-4-5-6-13-12-10-15(17-3)14(16-2)9-11(12)7-8-18-13/h10,13-17,20H,2-9H2,1H3;6-10H,4-5H2,1-3H3/b;13-6+. The fraction of sp³-hybridized carbons (Fsp3) is 0.606. The fourth-order valence-electron chi connectivity index (χ4n) is 8.08. The number of rotatable bonds is 4. The zero-order valence-corrected chi connectivity index (χ0v) is 23.5. The number of ketones is 1. The Morgan fingerprint density at radius 1 is 1.05 bits per heavy atom. The predicted molar refractivity (Wildman–Crippen MR) is 151 cm³/mol. The van der Waals surface area contributed by atoms with E-state index in [0.29, 0.717) is 11.7 Å². The SMILES string of the molecule is CC12CCC3C4CCC(=O)C=C4CCC3C1CCC2O.CCC/C=C1/OC=Cc2cc(OC)c(OC)cc21. The summed E-state index contributed by atoms with van der Waals surface area (Å²) in [6.07, 6.45) is 18.7. The lowest BCUT2D eigenvalue weighted by molar-refractivity contribution is -0.116. The first-order valence-corrected chi connectivity index (χ1v) is 14.6. The van der Waals surface area contributed by atoms with Crippen LogP contribution in [0.25, 0.3) is 11.8 Å². The number of carbonyl (C=O) groups excluding carboxylic acids is 1. The first kappa shape index (κ1) is 27.1. The van der Waals surface area contributed by atoms with Crippen LogP contribution in [0.2, 0.25) is 0 Å². The molecule has 3 saturated carbocycles. The summed E-state index contributed by atoms with van der Waals surface area (Å²) in [5.41, 5.74) is 3.78. The molecular weight excluding hydrogens is 476 g/mol. The highest BCUT2D eigenvalue weighted by Gasteiger charge is 2.55. The van der Waals surface area contributed by atoms with Crippen LogP contribution in [0.4, 0.5) is 0 Å². The van der Waals surface area contributed by atoms with Crippen molar-refractivity contribution in [1.82, 2.24) is 0 Å². The Kier molecular flexibility index (Phi) is 8.04. The second-order valence-corrected chi connectivity index (χ2v) is 12.0. The number of hydrogen-bond donors (Lipinski definition) is 1. The summed E-state index contributed by atoms with van der Waals surface area (Å²) >= 11 is 0. The predicted octanol–water partition coefficient (Wildman–Crippen LogP) is 7.33. The molecule has 0 spiro atoms. The molecule has 0 saturated heterocycles. The minimum absolute atomic E-state index is 0.0710. The van der Waals surface area contributed by atoms with Gasteiger partial charge in [0.1, 0.15) is 5.76 Å². The number of benzene rings is 1. The highest BCUT2D eigenvalue weighted by Crippen LogP contribution is 2.61. The molecule has 6 unspecified atom stereocenters. The Bertz CT molecular complexity index is 1130. The van der Waals surface area contributed by atoms with Gasteiger partial charge in [0.15, 0.2) is 17.3 Å². The largest absolute Gasteiger partial charge is 0.493 e. The lowest BCUT2D eigenvalue weighted by Gasteiger charge is -2.53. The molecule has 6 atom stereocenters. The molecule has 1 N–H and O–H groups in total. The van der Waals surface area contributed by atoms with E-state index in [1.165, 1.54) is 31.3 Å². The smallest absolute Gasteiger partial charge is 0.161 e. The molecule has 0 radical (unpaired) electrons. The van der Waals surface area contributed by atoms with Crippen molar-refractivity contribution in [3.8, 4) is 11.5 Å². The third kappa shape index (κ3) is 4.95. The van der Waals surface area contributed by atoms with Gasteiger partial charge < -0.3 is 19.3 Å². The summed E-state index contributed by atoms with van der Waals surface area (Å²) in [6.45, 7) is 4.48. The van der Waals surface area contributed by atoms with Gasteiger partial charge in [-0.05, 0) is 116 Å². The topological polar surface area (TPSA) is 65.0 Å². The average molecular weight is 521 g/mol. The summed E-state index contributed by atoms with van der Waals surface area (Å²) in [6, 6.07) is 3.92. The maximum Gasteiger partial charge on any atom is 0.161 e. The monoisotopic (exact) mass is 520 g/mol. The summed E-state index contributed by atoms with van der Waals surface area (Å²) in [5, 5.41) is 10.4. The van der Waals surface area contributed by atoms with Gasteiger partial charge >= 0.3 is 0 Å². The quantitative estimate of drug-likeness (QED) is 0.450. The Labute approximate surface area is 227 Å². The molecule has 1 aliphatic heterocycles. The molecule has 38 heavy (non-hydrogen) atoms. The molecule has 6 rings (SSSR count). The normalized spacial score (nSPS) is 34.0. The van der Waals surface area contributed by atoms with E-state index in [-0.39, 0.29) is 11.5 Å². The van der Waals surface area contributed by atoms with Gasteiger partial charge in [0.25, 0.3) is 0 Å². The maximum absolute atomic E-state index is 11.6. The molecule has 1 aromatic carbocycles. The molecule has 3 fully saturated rings. The van der Waals surface area contributed by atoms with Gasteiger partial charge in [-0.3, -0.25) is 4.79 Å². The first-order chi connectivity index (χ1) is 18.4. The summed E-state index contributed by atoms with van der Waals surface area (Å²) in [4.78, 5) is 11.6.